The van der Waals surface area contributed by atoms with E-state index in [0.717, 1.165) is 10.6 Å². The molecule has 1 N–H and O–H groups in total. The van der Waals surface area contributed by atoms with Gasteiger partial charge in [0.1, 0.15) is 6.04 Å². The summed E-state index contributed by atoms with van der Waals surface area (Å²) in [6.45, 7) is 0. The molecule has 1 amide bonds. The number of nitrogens with one attached hydrogen (secondary N) is 1. The van der Waals surface area contributed by atoms with E-state index in [1.165, 1.54) is 25.2 Å². The largest absolute Gasteiger partial charge is 0.324 e. The number of nitrogens with zero attached hydrogens (tertiary/aromatic N) is 1. The van der Waals surface area contributed by atoms with Crippen LogP contribution >= 0.6 is 23.2 Å². The van der Waals surface area contributed by atoms with Gasteiger partial charge >= 0.3 is 0 Å². The Kier molecular flexibility index (Phi) is 5.87. The molecule has 0 fully saturated rings. The zero-order valence-corrected chi connectivity index (χ0v) is 15.4. The van der Waals surface area contributed by atoms with Gasteiger partial charge in [0, 0.05) is 22.8 Å². The fourth-order valence-electron chi connectivity index (χ4n) is 2.19. The van der Waals surface area contributed by atoms with Crippen molar-refractivity contribution >= 4 is 44.8 Å². The Labute approximate surface area is 151 Å². The van der Waals surface area contributed by atoms with Crippen LogP contribution in [-0.2, 0) is 14.8 Å². The van der Waals surface area contributed by atoms with E-state index >= 15 is 0 Å². The average molecular weight is 387 g/mol. The summed E-state index contributed by atoms with van der Waals surface area (Å²) in [7, 11) is -2.22. The zero-order valence-electron chi connectivity index (χ0n) is 13.0. The van der Waals surface area contributed by atoms with Gasteiger partial charge in [-0.25, -0.2) is 8.42 Å². The van der Waals surface area contributed by atoms with Crippen LogP contribution in [0.15, 0.2) is 48.5 Å². The maximum Gasteiger partial charge on any atom is 0.247 e. The standard InChI is InChI=1S/C16H16Cl2N2O3S/c1-20(24(2,22)23)15(11-6-4-3-5-7-11)16(21)19-14-9-12(17)8-13(18)10-14/h3-10,15H,1-2H3,(H,19,21)/t15-/m1/s1. The highest BCUT2D eigenvalue weighted by molar-refractivity contribution is 7.88. The molecule has 0 saturated carbocycles. The molecule has 0 bridgehead atoms. The van der Waals surface area contributed by atoms with Crippen molar-refractivity contribution in [3.8, 4) is 0 Å². The summed E-state index contributed by atoms with van der Waals surface area (Å²) in [4.78, 5) is 12.7. The Morgan fingerprint density at radius 2 is 1.62 bits per heavy atom. The van der Waals surface area contributed by atoms with Crippen molar-refractivity contribution in [2.24, 2.45) is 0 Å². The van der Waals surface area contributed by atoms with E-state index < -0.39 is 22.0 Å². The summed E-state index contributed by atoms with van der Waals surface area (Å²) in [6.07, 6.45) is 1.05. The number of sulfonamides is 1. The molecule has 128 valence electrons. The van der Waals surface area contributed by atoms with Gasteiger partial charge in [0.2, 0.25) is 15.9 Å². The van der Waals surface area contributed by atoms with Crippen LogP contribution in [0.4, 0.5) is 5.69 Å². The molecular formula is C16H16Cl2N2O3S. The molecule has 2 rings (SSSR count). The number of anilines is 1. The number of carbonyl (C=O) groups is 1. The van der Waals surface area contributed by atoms with Crippen molar-refractivity contribution in [2.45, 2.75) is 6.04 Å². The van der Waals surface area contributed by atoms with Crippen LogP contribution in [0.1, 0.15) is 11.6 Å². The smallest absolute Gasteiger partial charge is 0.247 e. The van der Waals surface area contributed by atoms with Gasteiger partial charge in [-0.05, 0) is 23.8 Å². The molecule has 0 saturated heterocycles. The van der Waals surface area contributed by atoms with Crippen LogP contribution in [0.3, 0.4) is 0 Å². The van der Waals surface area contributed by atoms with Crippen molar-refractivity contribution in [1.29, 1.82) is 0 Å². The van der Waals surface area contributed by atoms with Crippen molar-refractivity contribution in [1.82, 2.24) is 4.31 Å². The lowest BCUT2D eigenvalue weighted by Crippen LogP contribution is -2.38. The Hall–Kier alpha value is -1.60. The Bertz CT molecular complexity index is 821. The van der Waals surface area contributed by atoms with Crippen molar-refractivity contribution in [3.05, 3.63) is 64.1 Å². The minimum atomic E-state index is -3.58. The van der Waals surface area contributed by atoms with Gasteiger partial charge in [0.15, 0.2) is 0 Å². The lowest BCUT2D eigenvalue weighted by Gasteiger charge is -2.25. The molecule has 0 aliphatic rings. The van der Waals surface area contributed by atoms with Gasteiger partial charge < -0.3 is 5.32 Å². The Balaban J connectivity index is 2.38. The lowest BCUT2D eigenvalue weighted by molar-refractivity contribution is -0.119. The van der Waals surface area contributed by atoms with Crippen LogP contribution in [-0.4, -0.2) is 31.9 Å². The molecule has 0 aliphatic heterocycles. The van der Waals surface area contributed by atoms with E-state index in [2.05, 4.69) is 5.32 Å². The molecule has 8 heteroatoms. The third-order valence-corrected chi connectivity index (χ3v) is 5.07. The summed E-state index contributed by atoms with van der Waals surface area (Å²) in [5, 5.41) is 3.39. The molecule has 2 aromatic rings. The molecule has 0 spiro atoms. The van der Waals surface area contributed by atoms with E-state index in [1.807, 2.05) is 0 Å². The maximum absolute atomic E-state index is 12.7. The highest BCUT2D eigenvalue weighted by Crippen LogP contribution is 2.26. The number of rotatable bonds is 5. The highest BCUT2D eigenvalue weighted by atomic mass is 35.5. The zero-order chi connectivity index (χ0) is 17.9. The Morgan fingerprint density at radius 3 is 2.12 bits per heavy atom. The minimum absolute atomic E-state index is 0.366. The summed E-state index contributed by atoms with van der Waals surface area (Å²) >= 11 is 11.8. The monoisotopic (exact) mass is 386 g/mol. The number of hydrogen-bond acceptors (Lipinski definition) is 3. The first-order valence-electron chi connectivity index (χ1n) is 6.93. The second kappa shape index (κ2) is 7.53. The number of hydrogen-bond donors (Lipinski definition) is 1. The molecule has 24 heavy (non-hydrogen) atoms. The predicted octanol–water partition coefficient (Wildman–Crippen LogP) is 3.56. The summed E-state index contributed by atoms with van der Waals surface area (Å²) < 4.78 is 24.8. The van der Waals surface area contributed by atoms with Crippen molar-refractivity contribution in [2.75, 3.05) is 18.6 Å². The van der Waals surface area contributed by atoms with Gasteiger partial charge in [0.25, 0.3) is 0 Å². The SMILES string of the molecule is CN([C@@H](C(=O)Nc1cc(Cl)cc(Cl)c1)c1ccccc1)S(C)(=O)=O. The molecule has 0 unspecified atom stereocenters. The van der Waals surface area contributed by atoms with Gasteiger partial charge in [-0.2, -0.15) is 4.31 Å². The molecule has 0 radical (unpaired) electrons. The predicted molar refractivity (Wildman–Crippen MR) is 96.9 cm³/mol. The highest BCUT2D eigenvalue weighted by Gasteiger charge is 2.30. The number of benzene rings is 2. The quantitative estimate of drug-likeness (QED) is 0.853. The van der Waals surface area contributed by atoms with E-state index in [4.69, 9.17) is 23.2 Å². The van der Waals surface area contributed by atoms with Crippen LogP contribution in [0.5, 0.6) is 0 Å². The topological polar surface area (TPSA) is 66.5 Å². The summed E-state index contributed by atoms with van der Waals surface area (Å²) in [5.41, 5.74) is 0.941. The van der Waals surface area contributed by atoms with E-state index in [9.17, 15) is 13.2 Å². The fraction of sp³-hybridized carbons (Fsp3) is 0.188. The number of carbonyl (C=O) groups excluding carboxylic acids is 1. The van der Waals surface area contributed by atoms with Gasteiger partial charge in [-0.3, -0.25) is 4.79 Å². The minimum Gasteiger partial charge on any atom is -0.324 e. The molecule has 1 atom stereocenters. The fourth-order valence-corrected chi connectivity index (χ4v) is 3.32. The summed E-state index contributed by atoms with van der Waals surface area (Å²) in [5.74, 6) is -0.507. The third-order valence-electron chi connectivity index (χ3n) is 3.38. The molecule has 0 aromatic heterocycles. The first-order chi connectivity index (χ1) is 11.2. The second-order valence-corrected chi connectivity index (χ2v) is 8.15. The number of halogens is 2. The van der Waals surface area contributed by atoms with Crippen LogP contribution in [0.25, 0.3) is 0 Å². The van der Waals surface area contributed by atoms with E-state index in [-0.39, 0.29) is 0 Å². The van der Waals surface area contributed by atoms with Crippen LogP contribution in [0.2, 0.25) is 10.0 Å². The molecule has 2 aromatic carbocycles. The molecule has 0 aliphatic carbocycles. The molecular weight excluding hydrogens is 371 g/mol. The lowest BCUT2D eigenvalue weighted by atomic mass is 10.1. The van der Waals surface area contributed by atoms with E-state index in [0.29, 0.717) is 21.3 Å². The molecule has 5 nitrogen and oxygen atoms in total. The number of amides is 1. The normalized spacial score (nSPS) is 12.9. The second-order valence-electron chi connectivity index (χ2n) is 5.24. The Morgan fingerprint density at radius 1 is 1.08 bits per heavy atom. The van der Waals surface area contributed by atoms with Crippen LogP contribution < -0.4 is 5.32 Å². The van der Waals surface area contributed by atoms with E-state index in [1.54, 1.807) is 30.3 Å². The number of likely N-dealkylation sites (N-methyl/N-ethyl adjacent to an activating group) is 1. The first kappa shape index (κ1) is 18.7. The van der Waals surface area contributed by atoms with Gasteiger partial charge in [-0.15, -0.1) is 0 Å². The van der Waals surface area contributed by atoms with Gasteiger partial charge in [-0.1, -0.05) is 53.5 Å². The molecule has 0 heterocycles. The average Bonchev–Trinajstić information content (AvgIpc) is 2.46. The maximum atomic E-state index is 12.7. The summed E-state index contributed by atoms with van der Waals surface area (Å²) in [6, 6.07) is 12.2. The van der Waals surface area contributed by atoms with Gasteiger partial charge in [0.05, 0.1) is 6.26 Å². The van der Waals surface area contributed by atoms with Crippen molar-refractivity contribution in [3.63, 3.8) is 0 Å². The first-order valence-corrected chi connectivity index (χ1v) is 9.54. The third kappa shape index (κ3) is 4.70. The van der Waals surface area contributed by atoms with Crippen molar-refractivity contribution < 1.29 is 13.2 Å². The van der Waals surface area contributed by atoms with Crippen LogP contribution in [0, 0.1) is 0 Å².